The molecule has 0 aliphatic rings. The summed E-state index contributed by atoms with van der Waals surface area (Å²) >= 11 is 0. The van der Waals surface area contributed by atoms with Crippen LogP contribution < -0.4 is 5.32 Å². The molecule has 4 nitrogen and oxygen atoms in total. The summed E-state index contributed by atoms with van der Waals surface area (Å²) in [6.45, 7) is 9.09. The molecule has 1 N–H and O–H groups in total. The summed E-state index contributed by atoms with van der Waals surface area (Å²) in [5.74, 6) is -0.0920. The lowest BCUT2D eigenvalue weighted by Gasteiger charge is -2.31. The molecule has 0 heterocycles. The van der Waals surface area contributed by atoms with Crippen molar-refractivity contribution in [3.8, 4) is 0 Å². The summed E-state index contributed by atoms with van der Waals surface area (Å²) in [4.78, 5) is 27.8. The maximum atomic E-state index is 13.3. The number of nitrogens with zero attached hydrogens (tertiary/aromatic N) is 1. The quantitative estimate of drug-likeness (QED) is 0.709. The maximum Gasteiger partial charge on any atom is 0.242 e. The van der Waals surface area contributed by atoms with Gasteiger partial charge in [-0.25, -0.2) is 0 Å². The van der Waals surface area contributed by atoms with E-state index in [0.29, 0.717) is 25.9 Å². The van der Waals surface area contributed by atoms with E-state index in [4.69, 9.17) is 0 Å². The highest BCUT2D eigenvalue weighted by Crippen LogP contribution is 2.17. The van der Waals surface area contributed by atoms with Crippen LogP contribution >= 0.6 is 0 Å². The van der Waals surface area contributed by atoms with Gasteiger partial charge in [0.15, 0.2) is 0 Å². The summed E-state index contributed by atoms with van der Waals surface area (Å²) in [6, 6.07) is 15.6. The summed E-state index contributed by atoms with van der Waals surface area (Å²) in [6.07, 6.45) is 1.76. The van der Waals surface area contributed by atoms with Crippen molar-refractivity contribution in [1.82, 2.24) is 10.2 Å². The largest absolute Gasteiger partial charge is 0.354 e. The summed E-state index contributed by atoms with van der Waals surface area (Å²) < 4.78 is 0. The van der Waals surface area contributed by atoms with Gasteiger partial charge in [0.05, 0.1) is 6.42 Å². The Morgan fingerprint density at radius 3 is 2.39 bits per heavy atom. The highest BCUT2D eigenvalue weighted by atomic mass is 16.2. The zero-order chi connectivity index (χ0) is 20.5. The minimum Gasteiger partial charge on any atom is -0.354 e. The Hall–Kier alpha value is -2.62. The first-order valence-electron chi connectivity index (χ1n) is 10.1. The molecule has 28 heavy (non-hydrogen) atoms. The Kier molecular flexibility index (Phi) is 8.24. The maximum absolute atomic E-state index is 13.3. The third kappa shape index (κ3) is 5.95. The lowest BCUT2D eigenvalue weighted by atomic mass is 10.0. The van der Waals surface area contributed by atoms with Crippen molar-refractivity contribution in [3.63, 3.8) is 0 Å². The third-order valence-electron chi connectivity index (χ3n) is 4.98. The minimum atomic E-state index is -0.468. The van der Waals surface area contributed by atoms with Crippen LogP contribution in [0.2, 0.25) is 0 Å². The van der Waals surface area contributed by atoms with Crippen LogP contribution in [0.3, 0.4) is 0 Å². The number of nitrogens with one attached hydrogen (secondary N) is 1. The first-order chi connectivity index (χ1) is 13.5. The Morgan fingerprint density at radius 2 is 1.75 bits per heavy atom. The molecule has 150 valence electrons. The fourth-order valence-electron chi connectivity index (χ4n) is 3.32. The monoisotopic (exact) mass is 380 g/mol. The van der Waals surface area contributed by atoms with Gasteiger partial charge in [-0.3, -0.25) is 9.59 Å². The van der Waals surface area contributed by atoms with Gasteiger partial charge in [-0.2, -0.15) is 0 Å². The van der Waals surface area contributed by atoms with Crippen molar-refractivity contribution in [2.24, 2.45) is 0 Å². The predicted octanol–water partition coefficient (Wildman–Crippen LogP) is 4.18. The van der Waals surface area contributed by atoms with Crippen LogP contribution in [-0.4, -0.2) is 29.3 Å². The van der Waals surface area contributed by atoms with Crippen LogP contribution in [0.4, 0.5) is 0 Å². The van der Waals surface area contributed by atoms with Gasteiger partial charge in [0.1, 0.15) is 6.04 Å². The van der Waals surface area contributed by atoms with Crippen molar-refractivity contribution in [2.75, 3.05) is 6.54 Å². The standard InChI is InChI=1S/C24H32N2O2/c1-5-14-25-24(28)22(6-2)26(17-20-10-8-7-9-11-20)23(27)16-21-15-18(3)12-13-19(21)4/h7-13,15,22H,5-6,14,16-17H2,1-4H3,(H,25,28). The molecule has 2 aromatic rings. The SMILES string of the molecule is CCCNC(=O)C(CC)N(Cc1ccccc1)C(=O)Cc1cc(C)ccc1C. The molecular formula is C24H32N2O2. The van der Waals surface area contributed by atoms with Crippen LogP contribution in [-0.2, 0) is 22.6 Å². The number of rotatable bonds is 9. The van der Waals surface area contributed by atoms with E-state index in [0.717, 1.165) is 28.7 Å². The average molecular weight is 381 g/mol. The van der Waals surface area contributed by atoms with Crippen molar-refractivity contribution in [2.45, 2.75) is 59.5 Å². The van der Waals surface area contributed by atoms with Gasteiger partial charge in [0.2, 0.25) is 11.8 Å². The Bertz CT molecular complexity index is 786. The molecule has 2 aromatic carbocycles. The van der Waals surface area contributed by atoms with E-state index in [1.165, 1.54) is 0 Å². The molecular weight excluding hydrogens is 348 g/mol. The van der Waals surface area contributed by atoms with E-state index in [2.05, 4.69) is 17.4 Å². The van der Waals surface area contributed by atoms with Crippen LogP contribution in [0.5, 0.6) is 0 Å². The number of carbonyl (C=O) groups excluding carboxylic acids is 2. The van der Waals surface area contributed by atoms with Crippen molar-refractivity contribution < 1.29 is 9.59 Å². The molecule has 0 bridgehead atoms. The van der Waals surface area contributed by atoms with Gasteiger partial charge in [0.25, 0.3) is 0 Å². The van der Waals surface area contributed by atoms with Gasteiger partial charge in [-0.1, -0.05) is 67.9 Å². The second-order valence-electron chi connectivity index (χ2n) is 7.33. The number of benzene rings is 2. The lowest BCUT2D eigenvalue weighted by molar-refractivity contribution is -0.140. The molecule has 0 radical (unpaired) electrons. The molecule has 0 spiro atoms. The molecule has 1 unspecified atom stereocenters. The minimum absolute atomic E-state index is 0.0175. The molecule has 0 aromatic heterocycles. The molecule has 4 heteroatoms. The molecule has 0 aliphatic heterocycles. The lowest BCUT2D eigenvalue weighted by Crippen LogP contribution is -2.49. The number of hydrogen-bond acceptors (Lipinski definition) is 2. The van der Waals surface area contributed by atoms with Crippen LogP contribution in [0.25, 0.3) is 0 Å². The van der Waals surface area contributed by atoms with Gasteiger partial charge < -0.3 is 10.2 Å². The van der Waals surface area contributed by atoms with Crippen molar-refractivity contribution in [1.29, 1.82) is 0 Å². The fraction of sp³-hybridized carbons (Fsp3) is 0.417. The van der Waals surface area contributed by atoms with E-state index in [1.807, 2.05) is 64.1 Å². The molecule has 0 saturated heterocycles. The van der Waals surface area contributed by atoms with E-state index in [1.54, 1.807) is 4.90 Å². The van der Waals surface area contributed by atoms with Crippen molar-refractivity contribution in [3.05, 3.63) is 70.8 Å². The van der Waals surface area contributed by atoms with Gasteiger partial charge in [-0.05, 0) is 43.4 Å². The topological polar surface area (TPSA) is 49.4 Å². The molecule has 2 amide bonds. The van der Waals surface area contributed by atoms with Crippen LogP contribution in [0, 0.1) is 13.8 Å². The third-order valence-corrected chi connectivity index (χ3v) is 4.98. The second kappa shape index (κ2) is 10.6. The number of carbonyl (C=O) groups is 2. The molecule has 1 atom stereocenters. The van der Waals surface area contributed by atoms with Crippen molar-refractivity contribution >= 4 is 11.8 Å². The smallest absolute Gasteiger partial charge is 0.242 e. The van der Waals surface area contributed by atoms with Gasteiger partial charge in [0, 0.05) is 13.1 Å². The van der Waals surface area contributed by atoms with Gasteiger partial charge in [-0.15, -0.1) is 0 Å². The van der Waals surface area contributed by atoms with Gasteiger partial charge >= 0.3 is 0 Å². The molecule has 0 fully saturated rings. The Labute approximate surface area is 169 Å². The predicted molar refractivity (Wildman–Crippen MR) is 114 cm³/mol. The average Bonchev–Trinajstić information content (AvgIpc) is 2.69. The zero-order valence-corrected chi connectivity index (χ0v) is 17.5. The highest BCUT2D eigenvalue weighted by Gasteiger charge is 2.28. The number of amides is 2. The Balaban J connectivity index is 2.28. The normalized spacial score (nSPS) is 11.7. The summed E-state index contributed by atoms with van der Waals surface area (Å²) in [5, 5.41) is 2.96. The first-order valence-corrected chi connectivity index (χ1v) is 10.1. The van der Waals surface area contributed by atoms with E-state index >= 15 is 0 Å². The number of hydrogen-bond donors (Lipinski definition) is 1. The van der Waals surface area contributed by atoms with E-state index in [9.17, 15) is 9.59 Å². The second-order valence-corrected chi connectivity index (χ2v) is 7.33. The van der Waals surface area contributed by atoms with E-state index in [-0.39, 0.29) is 11.8 Å². The molecule has 0 aliphatic carbocycles. The zero-order valence-electron chi connectivity index (χ0n) is 17.5. The summed E-state index contributed by atoms with van der Waals surface area (Å²) in [7, 11) is 0. The molecule has 2 rings (SSSR count). The first kappa shape index (κ1) is 21.7. The van der Waals surface area contributed by atoms with Crippen LogP contribution in [0.1, 0.15) is 48.9 Å². The fourth-order valence-corrected chi connectivity index (χ4v) is 3.32. The highest BCUT2D eigenvalue weighted by molar-refractivity contribution is 5.88. The Morgan fingerprint density at radius 1 is 1.04 bits per heavy atom. The summed E-state index contributed by atoms with van der Waals surface area (Å²) in [5.41, 5.74) is 4.28. The number of aryl methyl sites for hydroxylation is 2. The van der Waals surface area contributed by atoms with E-state index < -0.39 is 6.04 Å². The van der Waals surface area contributed by atoms with Crippen LogP contribution in [0.15, 0.2) is 48.5 Å². The molecule has 0 saturated carbocycles.